The van der Waals surface area contributed by atoms with Crippen molar-refractivity contribution in [2.75, 3.05) is 18.9 Å². The number of carbonyl (C=O) groups is 2. The molecule has 0 unspecified atom stereocenters. The number of nitrogens with two attached hydrogens (primary N) is 1. The molecule has 0 aromatic heterocycles. The number of aliphatic hydroxyl groups excluding tert-OH is 1. The van der Waals surface area contributed by atoms with Gasteiger partial charge in [-0.15, -0.1) is 0 Å². The number of hydrogen-bond donors (Lipinski definition) is 2. The van der Waals surface area contributed by atoms with Crippen LogP contribution in [0.1, 0.15) is 13.8 Å². The molecule has 0 aliphatic heterocycles. The zero-order valence-corrected chi connectivity index (χ0v) is 10.0. The lowest BCUT2D eigenvalue weighted by Crippen LogP contribution is -2.11. The Bertz CT molecular complexity index is 286. The van der Waals surface area contributed by atoms with Crippen LogP contribution < -0.4 is 5.73 Å². The van der Waals surface area contributed by atoms with Crippen LogP contribution in [0.2, 0.25) is 0 Å². The van der Waals surface area contributed by atoms with Gasteiger partial charge in [-0.3, -0.25) is 4.79 Å². The molecule has 0 amide bonds. The number of aliphatic hydroxyl groups is 1. The van der Waals surface area contributed by atoms with Crippen molar-refractivity contribution in [1.82, 2.24) is 0 Å². The molecule has 0 aromatic rings. The molecule has 0 aromatic carbocycles. The van der Waals surface area contributed by atoms with E-state index < -0.39 is 11.3 Å². The Morgan fingerprint density at radius 3 is 2.44 bits per heavy atom. The second kappa shape index (κ2) is 8.00. The molecular formula is C9H15NO5S. The maximum Gasteiger partial charge on any atom is 0.367 e. The van der Waals surface area contributed by atoms with E-state index in [1.165, 1.54) is 13.8 Å². The zero-order valence-electron chi connectivity index (χ0n) is 9.19. The van der Waals surface area contributed by atoms with Crippen LogP contribution >= 0.6 is 11.8 Å². The summed E-state index contributed by atoms with van der Waals surface area (Å²) < 4.78 is 9.39. The third-order valence-corrected chi connectivity index (χ3v) is 2.12. The first-order valence-corrected chi connectivity index (χ1v) is 5.52. The zero-order chi connectivity index (χ0) is 12.6. The van der Waals surface area contributed by atoms with Gasteiger partial charge in [0.1, 0.15) is 5.76 Å². The molecule has 7 heteroatoms. The molecule has 0 fully saturated rings. The van der Waals surface area contributed by atoms with E-state index in [-0.39, 0.29) is 18.1 Å². The maximum atomic E-state index is 11.1. The van der Waals surface area contributed by atoms with Gasteiger partial charge in [-0.25, -0.2) is 4.79 Å². The van der Waals surface area contributed by atoms with Gasteiger partial charge < -0.3 is 20.3 Å². The van der Waals surface area contributed by atoms with E-state index in [4.69, 9.17) is 15.6 Å². The van der Waals surface area contributed by atoms with Crippen LogP contribution in [0, 0.1) is 0 Å². The van der Waals surface area contributed by atoms with Crippen molar-refractivity contribution >= 4 is 23.0 Å². The van der Waals surface area contributed by atoms with E-state index in [2.05, 4.69) is 4.74 Å². The second-order valence-corrected chi connectivity index (χ2v) is 3.81. The highest BCUT2D eigenvalue weighted by molar-refractivity contribution is 8.13. The number of esters is 1. The molecule has 0 rings (SSSR count). The highest BCUT2D eigenvalue weighted by atomic mass is 32.2. The fourth-order valence-corrected chi connectivity index (χ4v) is 1.12. The lowest BCUT2D eigenvalue weighted by atomic mass is 10.4. The lowest BCUT2D eigenvalue weighted by molar-refractivity contribution is -0.137. The van der Waals surface area contributed by atoms with Gasteiger partial charge in [0.05, 0.1) is 0 Å². The highest BCUT2D eigenvalue weighted by Crippen LogP contribution is 2.09. The van der Waals surface area contributed by atoms with Gasteiger partial charge in [-0.2, -0.15) is 0 Å². The molecule has 0 spiro atoms. The normalized spacial score (nSPS) is 11.7. The molecule has 92 valence electrons. The Balaban J connectivity index is 4.09. The molecule has 0 saturated carbocycles. The van der Waals surface area contributed by atoms with Crippen molar-refractivity contribution in [2.24, 2.45) is 5.73 Å². The number of ether oxygens (including phenoxy) is 2. The SMILES string of the molecule is CC(=O)O/C(COC(=O)SCCN)=C(/C)O. The van der Waals surface area contributed by atoms with Crippen molar-refractivity contribution in [2.45, 2.75) is 13.8 Å². The summed E-state index contributed by atoms with van der Waals surface area (Å²) >= 11 is 0.918. The third-order valence-electron chi connectivity index (χ3n) is 1.33. The van der Waals surface area contributed by atoms with Gasteiger partial charge in [0.2, 0.25) is 0 Å². The van der Waals surface area contributed by atoms with E-state index in [0.29, 0.717) is 12.3 Å². The van der Waals surface area contributed by atoms with Crippen LogP contribution in [-0.4, -0.2) is 35.3 Å². The molecule has 0 aliphatic carbocycles. The summed E-state index contributed by atoms with van der Waals surface area (Å²) in [5.74, 6) is -0.418. The van der Waals surface area contributed by atoms with Crippen molar-refractivity contribution in [3.8, 4) is 0 Å². The van der Waals surface area contributed by atoms with E-state index in [0.717, 1.165) is 11.8 Å². The van der Waals surface area contributed by atoms with Gasteiger partial charge >= 0.3 is 11.3 Å². The quantitative estimate of drug-likeness (QED) is 0.557. The molecule has 6 nitrogen and oxygen atoms in total. The van der Waals surface area contributed by atoms with Crippen molar-refractivity contribution in [3.05, 3.63) is 11.5 Å². The molecule has 0 bridgehead atoms. The average Bonchev–Trinajstić information content (AvgIpc) is 2.20. The summed E-state index contributed by atoms with van der Waals surface area (Å²) in [5, 5.41) is 8.60. The molecule has 0 atom stereocenters. The Labute approximate surface area is 97.8 Å². The smallest absolute Gasteiger partial charge is 0.367 e. The standard InChI is InChI=1S/C9H15NO5S/c1-6(11)8(15-7(2)12)5-14-9(13)16-4-3-10/h11H,3-5,10H2,1-2H3/b8-6-. The molecule has 3 N–H and O–H groups in total. The number of carbonyl (C=O) groups excluding carboxylic acids is 2. The number of rotatable bonds is 5. The van der Waals surface area contributed by atoms with Crippen molar-refractivity contribution in [3.63, 3.8) is 0 Å². The maximum absolute atomic E-state index is 11.1. The first-order chi connectivity index (χ1) is 7.47. The largest absolute Gasteiger partial charge is 0.509 e. The molecule has 16 heavy (non-hydrogen) atoms. The van der Waals surface area contributed by atoms with Crippen LogP contribution in [0.3, 0.4) is 0 Å². The third kappa shape index (κ3) is 7.13. The minimum absolute atomic E-state index is 0.0748. The Kier molecular flexibility index (Phi) is 7.40. The molecule has 0 saturated heterocycles. The number of hydrogen-bond acceptors (Lipinski definition) is 7. The van der Waals surface area contributed by atoms with Gasteiger partial charge in [-0.1, -0.05) is 0 Å². The summed E-state index contributed by atoms with van der Waals surface area (Å²) in [7, 11) is 0. The summed E-state index contributed by atoms with van der Waals surface area (Å²) in [5.41, 5.74) is 5.20. The topological polar surface area (TPSA) is 98.9 Å². The Morgan fingerprint density at radius 2 is 2.00 bits per heavy atom. The molecular weight excluding hydrogens is 234 g/mol. The summed E-state index contributed by atoms with van der Waals surface area (Å²) in [6.45, 7) is 2.61. The van der Waals surface area contributed by atoms with Gasteiger partial charge in [0.25, 0.3) is 0 Å². The van der Waals surface area contributed by atoms with E-state index in [1.54, 1.807) is 0 Å². The molecule has 0 aliphatic rings. The summed E-state index contributed by atoms with van der Waals surface area (Å²) in [4.78, 5) is 21.7. The first kappa shape index (κ1) is 14.8. The van der Waals surface area contributed by atoms with Gasteiger partial charge in [-0.05, 0) is 18.7 Å². The second-order valence-electron chi connectivity index (χ2n) is 2.78. The first-order valence-electron chi connectivity index (χ1n) is 4.54. The lowest BCUT2D eigenvalue weighted by Gasteiger charge is -2.08. The van der Waals surface area contributed by atoms with Crippen LogP contribution in [0.15, 0.2) is 11.5 Å². The Hall–Kier alpha value is -1.21. The van der Waals surface area contributed by atoms with Gasteiger partial charge in [0.15, 0.2) is 12.4 Å². The monoisotopic (exact) mass is 249 g/mol. The summed E-state index contributed by atoms with van der Waals surface area (Å²) in [6, 6.07) is 0. The predicted octanol–water partition coefficient (Wildman–Crippen LogP) is 1.17. The summed E-state index contributed by atoms with van der Waals surface area (Å²) in [6.07, 6.45) is 0. The predicted molar refractivity (Wildman–Crippen MR) is 60.0 cm³/mol. The molecule has 0 radical (unpaired) electrons. The van der Waals surface area contributed by atoms with Crippen molar-refractivity contribution in [1.29, 1.82) is 0 Å². The van der Waals surface area contributed by atoms with Crippen LogP contribution in [0.25, 0.3) is 0 Å². The Morgan fingerprint density at radius 1 is 1.38 bits per heavy atom. The van der Waals surface area contributed by atoms with E-state index in [1.807, 2.05) is 0 Å². The van der Waals surface area contributed by atoms with Crippen LogP contribution in [0.5, 0.6) is 0 Å². The highest BCUT2D eigenvalue weighted by Gasteiger charge is 2.10. The van der Waals surface area contributed by atoms with Gasteiger partial charge in [0, 0.05) is 19.2 Å². The minimum Gasteiger partial charge on any atom is -0.509 e. The minimum atomic E-state index is -0.589. The van der Waals surface area contributed by atoms with E-state index >= 15 is 0 Å². The number of allylic oxidation sites excluding steroid dienone is 1. The van der Waals surface area contributed by atoms with Crippen LogP contribution in [-0.2, 0) is 14.3 Å². The molecule has 0 heterocycles. The van der Waals surface area contributed by atoms with E-state index in [9.17, 15) is 9.59 Å². The fourth-order valence-electron chi connectivity index (χ4n) is 0.690. The number of thioether (sulfide) groups is 1. The average molecular weight is 249 g/mol. The van der Waals surface area contributed by atoms with Crippen LogP contribution in [0.4, 0.5) is 4.79 Å². The fraction of sp³-hybridized carbons (Fsp3) is 0.556. The van der Waals surface area contributed by atoms with Crippen molar-refractivity contribution < 1.29 is 24.2 Å².